The Morgan fingerprint density at radius 1 is 0.900 bits per heavy atom. The van der Waals surface area contributed by atoms with Crippen LogP contribution in [-0.4, -0.2) is 10.2 Å². The molecule has 1 aliphatic heterocycles. The first kappa shape index (κ1) is 20.5. The summed E-state index contributed by atoms with van der Waals surface area (Å²) >= 11 is 6.45. The van der Waals surface area contributed by atoms with Crippen LogP contribution in [-0.2, 0) is 4.79 Å². The van der Waals surface area contributed by atoms with Gasteiger partial charge >= 0.3 is 0 Å². The van der Waals surface area contributed by atoms with Gasteiger partial charge in [0.2, 0.25) is 0 Å². The van der Waals surface area contributed by atoms with Crippen LogP contribution in [0.4, 0.5) is 0 Å². The van der Waals surface area contributed by atoms with Gasteiger partial charge in [-0.25, -0.2) is 0 Å². The van der Waals surface area contributed by atoms with E-state index in [-0.39, 0.29) is 18.0 Å². The smallest absolute Gasteiger partial charge is 0.263 e. The molecule has 1 fully saturated rings. The van der Waals surface area contributed by atoms with Crippen molar-refractivity contribution < 1.29 is 4.79 Å². The van der Waals surface area contributed by atoms with Crippen molar-refractivity contribution in [1.82, 2.24) is 10.6 Å². The van der Waals surface area contributed by atoms with Crippen molar-refractivity contribution in [1.29, 1.82) is 0 Å². The summed E-state index contributed by atoms with van der Waals surface area (Å²) in [4.78, 5) is 12.8. The van der Waals surface area contributed by atoms with Crippen molar-refractivity contribution >= 4 is 40.3 Å². The van der Waals surface area contributed by atoms with Crippen LogP contribution in [0.1, 0.15) is 41.3 Å². The molecule has 3 nitrogen and oxygen atoms in total. The molecule has 0 spiro atoms. The van der Waals surface area contributed by atoms with Crippen LogP contribution in [0.5, 0.6) is 0 Å². The number of rotatable bonds is 6. The molecule has 4 rings (SSSR count). The largest absolute Gasteiger partial charge is 0.307 e. The molecule has 5 heteroatoms. The topological polar surface area (TPSA) is 41.1 Å². The highest BCUT2D eigenvalue weighted by Gasteiger charge is 2.24. The van der Waals surface area contributed by atoms with Gasteiger partial charge in [-0.15, -0.1) is 0 Å². The van der Waals surface area contributed by atoms with Crippen molar-refractivity contribution in [3.05, 3.63) is 112 Å². The number of thiocarbonyl (C=S) groups is 1. The summed E-state index contributed by atoms with van der Waals surface area (Å²) in [5.74, 6) is -0.137. The van der Waals surface area contributed by atoms with E-state index in [2.05, 4.69) is 72.2 Å². The van der Waals surface area contributed by atoms with Crippen molar-refractivity contribution in [2.24, 2.45) is 0 Å². The Labute approximate surface area is 186 Å². The van der Waals surface area contributed by atoms with Gasteiger partial charge < -0.3 is 5.32 Å². The van der Waals surface area contributed by atoms with E-state index in [4.69, 9.17) is 12.2 Å². The van der Waals surface area contributed by atoms with Gasteiger partial charge in [-0.1, -0.05) is 109 Å². The van der Waals surface area contributed by atoms with Crippen LogP contribution in [0.2, 0.25) is 0 Å². The molecule has 3 aromatic carbocycles. The predicted octanol–water partition coefficient (Wildman–Crippen LogP) is 5.62. The third kappa shape index (κ3) is 4.70. The zero-order valence-corrected chi connectivity index (χ0v) is 18.2. The van der Waals surface area contributed by atoms with Gasteiger partial charge in [-0.2, -0.15) is 0 Å². The van der Waals surface area contributed by atoms with E-state index < -0.39 is 0 Å². The fourth-order valence-corrected chi connectivity index (χ4v) is 4.60. The molecule has 2 unspecified atom stereocenters. The second-order valence-electron chi connectivity index (χ2n) is 7.12. The van der Waals surface area contributed by atoms with Crippen molar-refractivity contribution in [3.8, 4) is 0 Å². The molecule has 1 amide bonds. The van der Waals surface area contributed by atoms with Gasteiger partial charge in [0.15, 0.2) is 0 Å². The van der Waals surface area contributed by atoms with Crippen LogP contribution in [0, 0.1) is 0 Å². The Morgan fingerprint density at radius 3 is 2.13 bits per heavy atom. The SMILES string of the molecule is CC(NC(c1ccccc1)c1ccccc1/C=C1\SC(=S)NC1=O)c1ccccc1. The van der Waals surface area contributed by atoms with E-state index in [0.29, 0.717) is 9.23 Å². The van der Waals surface area contributed by atoms with Crippen molar-refractivity contribution in [3.63, 3.8) is 0 Å². The zero-order valence-electron chi connectivity index (χ0n) is 16.5. The molecule has 0 bridgehead atoms. The molecule has 2 N–H and O–H groups in total. The molecule has 0 radical (unpaired) electrons. The van der Waals surface area contributed by atoms with Gasteiger partial charge in [0.1, 0.15) is 4.32 Å². The van der Waals surface area contributed by atoms with Gasteiger partial charge in [0.25, 0.3) is 5.91 Å². The van der Waals surface area contributed by atoms with Crippen LogP contribution in [0.15, 0.2) is 89.8 Å². The maximum Gasteiger partial charge on any atom is 0.263 e. The lowest BCUT2D eigenvalue weighted by molar-refractivity contribution is -0.115. The van der Waals surface area contributed by atoms with Gasteiger partial charge in [0, 0.05) is 6.04 Å². The lowest BCUT2D eigenvalue weighted by Gasteiger charge is -2.26. The lowest BCUT2D eigenvalue weighted by Crippen LogP contribution is -2.26. The van der Waals surface area contributed by atoms with E-state index in [1.165, 1.54) is 22.9 Å². The fourth-order valence-electron chi connectivity index (χ4n) is 3.57. The van der Waals surface area contributed by atoms with E-state index >= 15 is 0 Å². The number of nitrogens with one attached hydrogen (secondary N) is 2. The van der Waals surface area contributed by atoms with Crippen LogP contribution >= 0.6 is 24.0 Å². The monoisotopic (exact) mass is 430 g/mol. The van der Waals surface area contributed by atoms with E-state index in [0.717, 1.165) is 11.1 Å². The average molecular weight is 431 g/mol. The molecule has 0 aliphatic carbocycles. The minimum atomic E-state index is -0.137. The molecule has 0 aromatic heterocycles. The molecule has 1 heterocycles. The molecule has 150 valence electrons. The average Bonchev–Trinajstić information content (AvgIpc) is 3.10. The highest BCUT2D eigenvalue weighted by Crippen LogP contribution is 2.32. The van der Waals surface area contributed by atoms with E-state index in [9.17, 15) is 4.79 Å². The number of benzene rings is 3. The van der Waals surface area contributed by atoms with Crippen molar-refractivity contribution in [2.75, 3.05) is 0 Å². The number of amides is 1. The molecule has 1 aliphatic rings. The van der Waals surface area contributed by atoms with Crippen molar-refractivity contribution in [2.45, 2.75) is 19.0 Å². The fraction of sp³-hybridized carbons (Fsp3) is 0.120. The molecule has 3 aromatic rings. The molecular weight excluding hydrogens is 408 g/mol. The third-order valence-electron chi connectivity index (χ3n) is 5.08. The minimum Gasteiger partial charge on any atom is -0.307 e. The van der Waals surface area contributed by atoms with Crippen LogP contribution in [0.3, 0.4) is 0 Å². The summed E-state index contributed by atoms with van der Waals surface area (Å²) in [6.45, 7) is 2.17. The Kier molecular flexibility index (Phi) is 6.43. The standard InChI is InChI=1S/C25H22N2OS2/c1-17(18-10-4-2-5-11-18)26-23(19-12-6-3-7-13-19)21-15-9-8-14-20(21)16-22-24(28)27-25(29)30-22/h2-17,23,26H,1H3,(H,27,28,29)/b22-16-. The normalized spacial score (nSPS) is 17.0. The van der Waals surface area contributed by atoms with Crippen LogP contribution in [0.25, 0.3) is 6.08 Å². The Bertz CT molecular complexity index is 1080. The van der Waals surface area contributed by atoms with Gasteiger partial charge in [0.05, 0.1) is 10.9 Å². The molecular formula is C25H22N2OS2. The summed E-state index contributed by atoms with van der Waals surface area (Å²) in [7, 11) is 0. The summed E-state index contributed by atoms with van der Waals surface area (Å²) in [5.41, 5.74) is 4.52. The van der Waals surface area contributed by atoms with Crippen LogP contribution < -0.4 is 10.6 Å². The second-order valence-corrected chi connectivity index (χ2v) is 8.84. The lowest BCUT2D eigenvalue weighted by atomic mass is 9.92. The first-order valence-corrected chi connectivity index (χ1v) is 11.0. The van der Waals surface area contributed by atoms with Gasteiger partial charge in [-0.3, -0.25) is 10.1 Å². The molecule has 0 saturated carbocycles. The summed E-state index contributed by atoms with van der Waals surface area (Å²) in [6.07, 6.45) is 1.93. The number of hydrogen-bond acceptors (Lipinski definition) is 4. The highest BCUT2D eigenvalue weighted by atomic mass is 32.2. The maximum atomic E-state index is 12.2. The summed E-state index contributed by atoms with van der Waals surface area (Å²) < 4.78 is 0.499. The first-order valence-electron chi connectivity index (χ1n) is 9.81. The highest BCUT2D eigenvalue weighted by molar-refractivity contribution is 8.26. The second kappa shape index (κ2) is 9.39. The first-order chi connectivity index (χ1) is 14.6. The summed E-state index contributed by atoms with van der Waals surface area (Å²) in [5, 5.41) is 6.48. The minimum absolute atomic E-state index is 0.0316. The number of carbonyl (C=O) groups excluding carboxylic acids is 1. The molecule has 2 atom stereocenters. The third-order valence-corrected chi connectivity index (χ3v) is 6.25. The number of thioether (sulfide) groups is 1. The zero-order chi connectivity index (χ0) is 20.9. The molecule has 1 saturated heterocycles. The van der Waals surface area contributed by atoms with Gasteiger partial charge in [-0.05, 0) is 35.3 Å². The molecule has 30 heavy (non-hydrogen) atoms. The predicted molar refractivity (Wildman–Crippen MR) is 129 cm³/mol. The van der Waals surface area contributed by atoms with E-state index in [1.54, 1.807) is 0 Å². The Hall–Kier alpha value is -2.73. The number of carbonyl (C=O) groups is 1. The Morgan fingerprint density at radius 2 is 1.50 bits per heavy atom. The Balaban J connectivity index is 1.74. The summed E-state index contributed by atoms with van der Waals surface area (Å²) in [6, 6.07) is 29.1. The quantitative estimate of drug-likeness (QED) is 0.394. The van der Waals surface area contributed by atoms with E-state index in [1.807, 2.05) is 36.4 Å². The number of hydrogen-bond donors (Lipinski definition) is 2. The maximum absolute atomic E-state index is 12.2.